The molecule has 1 heterocycles. The van der Waals surface area contributed by atoms with Gasteiger partial charge < -0.3 is 10.0 Å². The lowest BCUT2D eigenvalue weighted by molar-refractivity contribution is 0.0178. The summed E-state index contributed by atoms with van der Waals surface area (Å²) in [5, 5.41) is 8.97. The van der Waals surface area contributed by atoms with E-state index in [1.54, 1.807) is 0 Å². The van der Waals surface area contributed by atoms with Gasteiger partial charge in [-0.05, 0) is 44.4 Å². The molecule has 1 aromatic carbocycles. The fourth-order valence-electron chi connectivity index (χ4n) is 2.73. The fraction of sp³-hybridized carbons (Fsp3) is 0.533. The van der Waals surface area contributed by atoms with Crippen LogP contribution in [0.25, 0.3) is 0 Å². The van der Waals surface area contributed by atoms with Crippen LogP contribution in [-0.4, -0.2) is 23.7 Å². The highest BCUT2D eigenvalue weighted by atomic mass is 19.3. The maximum Gasteiger partial charge on any atom is 0.335 e. The molecule has 1 aliphatic rings. The van der Waals surface area contributed by atoms with Crippen molar-refractivity contribution in [3.8, 4) is 0 Å². The van der Waals surface area contributed by atoms with E-state index >= 15 is 0 Å². The first-order valence-electron chi connectivity index (χ1n) is 6.83. The number of piperidine rings is 1. The molecule has 0 spiro atoms. The Kier molecular flexibility index (Phi) is 3.97. The number of rotatable bonds is 3. The third kappa shape index (κ3) is 2.92. The van der Waals surface area contributed by atoms with Gasteiger partial charge in [-0.15, -0.1) is 0 Å². The Morgan fingerprint density at radius 1 is 1.40 bits per heavy atom. The Hall–Kier alpha value is -1.65. The third-order valence-electron chi connectivity index (χ3n) is 3.83. The van der Waals surface area contributed by atoms with Crippen LogP contribution in [0.15, 0.2) is 18.2 Å². The van der Waals surface area contributed by atoms with E-state index in [-0.39, 0.29) is 17.2 Å². The first-order valence-corrected chi connectivity index (χ1v) is 6.83. The summed E-state index contributed by atoms with van der Waals surface area (Å²) in [6.45, 7) is 3.56. The fourth-order valence-corrected chi connectivity index (χ4v) is 2.73. The molecule has 2 rings (SSSR count). The normalized spacial score (nSPS) is 20.0. The highest BCUT2D eigenvalue weighted by Crippen LogP contribution is 2.38. The zero-order valence-electron chi connectivity index (χ0n) is 11.7. The molecular weight excluding hydrogens is 264 g/mol. The number of carbonyl (C=O) groups is 1. The Bertz CT molecular complexity index is 511. The number of nitrogens with zero attached hydrogens (tertiary/aromatic N) is 1. The van der Waals surface area contributed by atoms with Crippen LogP contribution < -0.4 is 4.90 Å². The standard InChI is InChI=1S/C15H19F2NO2/c1-10-5-3-4-8-18(10)13-7-6-11(14(19)20)9-12(13)15(2,16)17/h6-7,9-10H,3-5,8H2,1-2H3,(H,19,20). The molecular formula is C15H19F2NO2. The molecule has 1 fully saturated rings. The summed E-state index contributed by atoms with van der Waals surface area (Å²) in [5.41, 5.74) is 0.149. The van der Waals surface area contributed by atoms with Crippen molar-refractivity contribution in [2.24, 2.45) is 0 Å². The van der Waals surface area contributed by atoms with E-state index in [1.807, 2.05) is 11.8 Å². The molecule has 20 heavy (non-hydrogen) atoms. The molecule has 1 aliphatic heterocycles. The van der Waals surface area contributed by atoms with E-state index in [2.05, 4.69) is 0 Å². The molecule has 1 atom stereocenters. The number of hydrogen-bond acceptors (Lipinski definition) is 2. The van der Waals surface area contributed by atoms with Gasteiger partial charge in [0, 0.05) is 30.8 Å². The largest absolute Gasteiger partial charge is 0.478 e. The number of carboxylic acid groups (broad SMARTS) is 1. The first-order chi connectivity index (χ1) is 9.30. The molecule has 0 saturated carbocycles. The monoisotopic (exact) mass is 283 g/mol. The minimum atomic E-state index is -3.06. The lowest BCUT2D eigenvalue weighted by Crippen LogP contribution is -2.38. The average molecular weight is 283 g/mol. The molecule has 1 aromatic rings. The number of halogens is 2. The number of benzene rings is 1. The molecule has 0 radical (unpaired) electrons. The molecule has 110 valence electrons. The summed E-state index contributed by atoms with van der Waals surface area (Å²) in [7, 11) is 0. The van der Waals surface area contributed by atoms with Gasteiger partial charge in [0.2, 0.25) is 0 Å². The number of aromatic carboxylic acids is 1. The quantitative estimate of drug-likeness (QED) is 0.915. The minimum absolute atomic E-state index is 0.102. The van der Waals surface area contributed by atoms with Gasteiger partial charge in [0.25, 0.3) is 5.92 Å². The van der Waals surface area contributed by atoms with Gasteiger partial charge in [0.1, 0.15) is 0 Å². The van der Waals surface area contributed by atoms with E-state index in [1.165, 1.54) is 12.1 Å². The van der Waals surface area contributed by atoms with Crippen LogP contribution in [0, 0.1) is 0 Å². The molecule has 0 bridgehead atoms. The van der Waals surface area contributed by atoms with E-state index in [9.17, 15) is 13.6 Å². The van der Waals surface area contributed by atoms with Crippen molar-refractivity contribution in [3.05, 3.63) is 29.3 Å². The van der Waals surface area contributed by atoms with E-state index < -0.39 is 11.9 Å². The number of alkyl halides is 2. The van der Waals surface area contributed by atoms with Crippen LogP contribution in [0.1, 0.15) is 49.0 Å². The van der Waals surface area contributed by atoms with Crippen molar-refractivity contribution in [2.45, 2.75) is 45.1 Å². The summed E-state index contributed by atoms with van der Waals surface area (Å²) >= 11 is 0. The average Bonchev–Trinajstić information content (AvgIpc) is 2.37. The van der Waals surface area contributed by atoms with Crippen LogP contribution in [0.3, 0.4) is 0 Å². The topological polar surface area (TPSA) is 40.5 Å². The Morgan fingerprint density at radius 2 is 2.10 bits per heavy atom. The van der Waals surface area contributed by atoms with Crippen molar-refractivity contribution in [1.82, 2.24) is 0 Å². The lowest BCUT2D eigenvalue weighted by atomic mass is 9.98. The van der Waals surface area contributed by atoms with Crippen LogP contribution in [0.2, 0.25) is 0 Å². The van der Waals surface area contributed by atoms with Gasteiger partial charge in [-0.3, -0.25) is 0 Å². The Balaban J connectivity index is 2.49. The predicted molar refractivity (Wildman–Crippen MR) is 73.6 cm³/mol. The molecule has 1 saturated heterocycles. The van der Waals surface area contributed by atoms with Crippen LogP contribution in [-0.2, 0) is 5.92 Å². The second-order valence-electron chi connectivity index (χ2n) is 5.46. The summed E-state index contributed by atoms with van der Waals surface area (Å²) in [6, 6.07) is 4.20. The second kappa shape index (κ2) is 5.38. The van der Waals surface area contributed by atoms with E-state index in [4.69, 9.17) is 5.11 Å². The lowest BCUT2D eigenvalue weighted by Gasteiger charge is -2.37. The third-order valence-corrected chi connectivity index (χ3v) is 3.83. The highest BCUT2D eigenvalue weighted by molar-refractivity contribution is 5.88. The van der Waals surface area contributed by atoms with Crippen molar-refractivity contribution >= 4 is 11.7 Å². The minimum Gasteiger partial charge on any atom is -0.478 e. The van der Waals surface area contributed by atoms with Crippen molar-refractivity contribution in [2.75, 3.05) is 11.4 Å². The number of hydrogen-bond donors (Lipinski definition) is 1. The molecule has 0 amide bonds. The van der Waals surface area contributed by atoms with Gasteiger partial charge in [-0.1, -0.05) is 0 Å². The molecule has 0 aliphatic carbocycles. The van der Waals surface area contributed by atoms with E-state index in [0.29, 0.717) is 5.69 Å². The smallest absolute Gasteiger partial charge is 0.335 e. The molecule has 5 heteroatoms. The Labute approximate surface area is 117 Å². The van der Waals surface area contributed by atoms with Crippen LogP contribution in [0.5, 0.6) is 0 Å². The van der Waals surface area contributed by atoms with Crippen molar-refractivity contribution in [1.29, 1.82) is 0 Å². The molecule has 1 N–H and O–H groups in total. The highest BCUT2D eigenvalue weighted by Gasteiger charge is 2.32. The SMILES string of the molecule is CC1CCCCN1c1ccc(C(=O)O)cc1C(C)(F)F. The van der Waals surface area contributed by atoms with Gasteiger partial charge in [-0.2, -0.15) is 0 Å². The second-order valence-corrected chi connectivity index (χ2v) is 5.46. The summed E-state index contributed by atoms with van der Waals surface area (Å²) in [4.78, 5) is 12.9. The van der Waals surface area contributed by atoms with Gasteiger partial charge in [0.15, 0.2) is 0 Å². The zero-order chi connectivity index (χ0) is 14.9. The van der Waals surface area contributed by atoms with Crippen molar-refractivity contribution in [3.63, 3.8) is 0 Å². The molecule has 3 nitrogen and oxygen atoms in total. The van der Waals surface area contributed by atoms with Crippen molar-refractivity contribution < 1.29 is 18.7 Å². The van der Waals surface area contributed by atoms with Gasteiger partial charge in [-0.25, -0.2) is 13.6 Å². The van der Waals surface area contributed by atoms with E-state index in [0.717, 1.165) is 38.8 Å². The van der Waals surface area contributed by atoms with Crippen LogP contribution in [0.4, 0.5) is 14.5 Å². The summed E-state index contributed by atoms with van der Waals surface area (Å²) < 4.78 is 27.6. The zero-order valence-corrected chi connectivity index (χ0v) is 11.7. The maximum absolute atomic E-state index is 13.8. The maximum atomic E-state index is 13.8. The van der Waals surface area contributed by atoms with Crippen LogP contribution >= 0.6 is 0 Å². The predicted octanol–water partition coefficient (Wildman–Crippen LogP) is 3.88. The molecule has 0 aromatic heterocycles. The Morgan fingerprint density at radius 3 is 2.65 bits per heavy atom. The number of carboxylic acids is 1. The van der Waals surface area contributed by atoms with Gasteiger partial charge in [0.05, 0.1) is 5.56 Å². The number of anilines is 1. The van der Waals surface area contributed by atoms with Gasteiger partial charge >= 0.3 is 5.97 Å². The first kappa shape index (κ1) is 14.8. The summed E-state index contributed by atoms with van der Waals surface area (Å²) in [5.74, 6) is -4.24. The molecule has 1 unspecified atom stereocenters. The summed E-state index contributed by atoms with van der Waals surface area (Å²) in [6.07, 6.45) is 3.04.